The molecule has 3 atom stereocenters. The highest BCUT2D eigenvalue weighted by atomic mass is 32.1. The molecule has 24 heavy (non-hydrogen) atoms. The van der Waals surface area contributed by atoms with Gasteiger partial charge in [0.05, 0.1) is 30.5 Å². The van der Waals surface area contributed by atoms with Gasteiger partial charge in [-0.3, -0.25) is 15.0 Å². The molecule has 0 aromatic carbocycles. The van der Waals surface area contributed by atoms with Crippen LogP contribution in [0.2, 0.25) is 0 Å². The molecule has 1 aromatic heterocycles. The van der Waals surface area contributed by atoms with Gasteiger partial charge in [0.2, 0.25) is 5.91 Å². The Hall–Kier alpha value is -1.16. The molecule has 0 saturated carbocycles. The summed E-state index contributed by atoms with van der Waals surface area (Å²) in [5.74, 6) is -3.28. The minimum absolute atomic E-state index is 0.182. The zero-order valence-corrected chi connectivity index (χ0v) is 14.5. The maximum absolute atomic E-state index is 13.2. The van der Waals surface area contributed by atoms with Gasteiger partial charge in [-0.1, -0.05) is 0 Å². The van der Waals surface area contributed by atoms with Gasteiger partial charge >= 0.3 is 0 Å². The molecule has 0 bridgehead atoms. The number of aromatic nitrogens is 1. The highest BCUT2D eigenvalue weighted by molar-refractivity contribution is 7.13. The monoisotopic (exact) mass is 360 g/mol. The second-order valence-electron chi connectivity index (χ2n) is 6.58. The van der Waals surface area contributed by atoms with Crippen molar-refractivity contribution in [3.8, 4) is 0 Å². The summed E-state index contributed by atoms with van der Waals surface area (Å²) in [5.41, 5.74) is 0.862. The average Bonchev–Trinajstić information content (AvgIpc) is 3.04. The second kappa shape index (κ2) is 6.99. The number of amides is 1. The van der Waals surface area contributed by atoms with Gasteiger partial charge in [0.1, 0.15) is 0 Å². The Kier molecular flexibility index (Phi) is 5.14. The molecular formula is C15H22F2N4O2S. The van der Waals surface area contributed by atoms with E-state index in [0.717, 1.165) is 18.8 Å². The van der Waals surface area contributed by atoms with Gasteiger partial charge in [0, 0.05) is 31.4 Å². The van der Waals surface area contributed by atoms with E-state index in [1.807, 2.05) is 19.2 Å². The lowest BCUT2D eigenvalue weighted by Gasteiger charge is -2.34. The molecule has 2 aliphatic heterocycles. The summed E-state index contributed by atoms with van der Waals surface area (Å²) >= 11 is 1.31. The molecule has 2 N–H and O–H groups in total. The van der Waals surface area contributed by atoms with E-state index in [1.165, 1.54) is 11.3 Å². The number of nitrogens with one attached hydrogen (secondary N) is 2. The first-order chi connectivity index (χ1) is 11.3. The van der Waals surface area contributed by atoms with Crippen LogP contribution in [-0.2, 0) is 16.1 Å². The van der Waals surface area contributed by atoms with Crippen molar-refractivity contribution in [2.24, 2.45) is 0 Å². The Morgan fingerprint density at radius 2 is 2.21 bits per heavy atom. The third-order valence-corrected chi connectivity index (χ3v) is 4.90. The minimum Gasteiger partial charge on any atom is -0.373 e. The number of ether oxygens (including phenoxy) is 1. The summed E-state index contributed by atoms with van der Waals surface area (Å²) in [7, 11) is 0. The maximum atomic E-state index is 13.2. The fraction of sp³-hybridized carbons (Fsp3) is 0.733. The fourth-order valence-electron chi connectivity index (χ4n) is 3.17. The summed E-state index contributed by atoms with van der Waals surface area (Å²) in [6.45, 7) is 5.99. The normalized spacial score (nSPS) is 30.4. The van der Waals surface area contributed by atoms with Crippen molar-refractivity contribution in [1.29, 1.82) is 0 Å². The van der Waals surface area contributed by atoms with Gasteiger partial charge in [0.25, 0.3) is 5.92 Å². The first-order valence-corrected chi connectivity index (χ1v) is 8.93. The summed E-state index contributed by atoms with van der Waals surface area (Å²) < 4.78 is 32.0. The van der Waals surface area contributed by atoms with Crippen molar-refractivity contribution in [3.63, 3.8) is 0 Å². The smallest absolute Gasteiger partial charge is 0.262 e. The number of thiazole rings is 1. The van der Waals surface area contributed by atoms with Crippen LogP contribution in [0.25, 0.3) is 0 Å². The molecule has 0 aliphatic carbocycles. The lowest BCUT2D eigenvalue weighted by molar-refractivity contribution is -0.118. The van der Waals surface area contributed by atoms with Crippen LogP contribution in [0, 0.1) is 0 Å². The molecule has 9 heteroatoms. The number of hydrogen-bond acceptors (Lipinski definition) is 6. The molecule has 6 nitrogen and oxygen atoms in total. The lowest BCUT2D eigenvalue weighted by atomic mass is 10.2. The fourth-order valence-corrected chi connectivity index (χ4v) is 3.88. The Bertz CT molecular complexity index is 588. The molecule has 134 valence electrons. The number of hydrogen-bond donors (Lipinski definition) is 2. The van der Waals surface area contributed by atoms with Crippen molar-refractivity contribution in [3.05, 3.63) is 11.1 Å². The predicted octanol–water partition coefficient (Wildman–Crippen LogP) is 1.69. The summed E-state index contributed by atoms with van der Waals surface area (Å²) in [6, 6.07) is -0.867. The largest absolute Gasteiger partial charge is 0.373 e. The van der Waals surface area contributed by atoms with Crippen LogP contribution in [0.3, 0.4) is 0 Å². The topological polar surface area (TPSA) is 66.5 Å². The van der Waals surface area contributed by atoms with E-state index in [4.69, 9.17) is 4.74 Å². The first-order valence-electron chi connectivity index (χ1n) is 8.05. The molecular weight excluding hydrogens is 338 g/mol. The van der Waals surface area contributed by atoms with E-state index >= 15 is 0 Å². The molecule has 3 unspecified atom stereocenters. The van der Waals surface area contributed by atoms with Crippen LogP contribution in [0.15, 0.2) is 5.38 Å². The quantitative estimate of drug-likeness (QED) is 0.855. The number of alkyl halides is 2. The van der Waals surface area contributed by atoms with E-state index in [2.05, 4.69) is 20.5 Å². The van der Waals surface area contributed by atoms with E-state index in [-0.39, 0.29) is 12.2 Å². The lowest BCUT2D eigenvalue weighted by Crippen LogP contribution is -2.44. The third kappa shape index (κ3) is 4.47. The second-order valence-corrected chi connectivity index (χ2v) is 7.44. The van der Waals surface area contributed by atoms with Crippen LogP contribution >= 0.6 is 11.3 Å². The Balaban J connectivity index is 1.53. The van der Waals surface area contributed by atoms with E-state index in [9.17, 15) is 13.6 Å². The number of carbonyl (C=O) groups is 1. The highest BCUT2D eigenvalue weighted by Gasteiger charge is 2.42. The minimum atomic E-state index is -2.82. The first kappa shape index (κ1) is 17.7. The van der Waals surface area contributed by atoms with Gasteiger partial charge in [-0.05, 0) is 13.8 Å². The molecule has 0 spiro atoms. The maximum Gasteiger partial charge on any atom is 0.262 e. The molecule has 2 fully saturated rings. The van der Waals surface area contributed by atoms with Crippen molar-refractivity contribution in [2.75, 3.05) is 25.0 Å². The summed E-state index contributed by atoms with van der Waals surface area (Å²) in [6.07, 6.45) is -0.107. The van der Waals surface area contributed by atoms with Crippen LogP contribution in [0.5, 0.6) is 0 Å². The van der Waals surface area contributed by atoms with Gasteiger partial charge in [0.15, 0.2) is 5.13 Å². The number of carbonyl (C=O) groups excluding carboxylic acids is 1. The van der Waals surface area contributed by atoms with Gasteiger partial charge < -0.3 is 10.1 Å². The standard InChI is InChI=1S/C15H22F2N4O2S/c1-9-4-21(5-10(2)23-9)6-11-7-24-14(19-11)20-13(22)12-3-15(16,17)8-18-12/h7,9-10,12,18H,3-6,8H2,1-2H3,(H,19,20,22). The van der Waals surface area contributed by atoms with Gasteiger partial charge in [-0.25, -0.2) is 13.8 Å². The average molecular weight is 360 g/mol. The molecule has 0 radical (unpaired) electrons. The number of morpholine rings is 1. The van der Waals surface area contributed by atoms with Crippen molar-refractivity contribution in [2.45, 2.75) is 51.0 Å². The molecule has 2 aliphatic rings. The van der Waals surface area contributed by atoms with Crippen molar-refractivity contribution >= 4 is 22.4 Å². The van der Waals surface area contributed by atoms with Crippen LogP contribution in [-0.4, -0.2) is 59.6 Å². The summed E-state index contributed by atoms with van der Waals surface area (Å²) in [5, 5.41) is 7.50. The van der Waals surface area contributed by atoms with Crippen LogP contribution in [0.1, 0.15) is 26.0 Å². The molecule has 3 rings (SSSR count). The highest BCUT2D eigenvalue weighted by Crippen LogP contribution is 2.26. The SMILES string of the molecule is CC1CN(Cc2csc(NC(=O)C3CC(F)(F)CN3)n2)CC(C)O1. The van der Waals surface area contributed by atoms with Crippen molar-refractivity contribution in [1.82, 2.24) is 15.2 Å². The van der Waals surface area contributed by atoms with E-state index < -0.39 is 30.8 Å². The third-order valence-electron chi connectivity index (χ3n) is 4.09. The number of anilines is 1. The Morgan fingerprint density at radius 3 is 2.83 bits per heavy atom. The predicted molar refractivity (Wildman–Crippen MR) is 87.4 cm³/mol. The van der Waals surface area contributed by atoms with Gasteiger partial charge in [-0.2, -0.15) is 0 Å². The van der Waals surface area contributed by atoms with Crippen LogP contribution in [0.4, 0.5) is 13.9 Å². The molecule has 1 amide bonds. The molecule has 3 heterocycles. The van der Waals surface area contributed by atoms with E-state index in [0.29, 0.717) is 11.7 Å². The van der Waals surface area contributed by atoms with Gasteiger partial charge in [-0.15, -0.1) is 11.3 Å². The van der Waals surface area contributed by atoms with E-state index in [1.54, 1.807) is 0 Å². The zero-order valence-electron chi connectivity index (χ0n) is 13.7. The Labute approximate surface area is 143 Å². The van der Waals surface area contributed by atoms with Crippen molar-refractivity contribution < 1.29 is 18.3 Å². The Morgan fingerprint density at radius 1 is 1.50 bits per heavy atom. The summed E-state index contributed by atoms with van der Waals surface area (Å²) in [4.78, 5) is 18.7. The number of halogens is 2. The zero-order chi connectivity index (χ0) is 17.3. The molecule has 1 aromatic rings. The van der Waals surface area contributed by atoms with Crippen LogP contribution < -0.4 is 10.6 Å². The number of nitrogens with zero attached hydrogens (tertiary/aromatic N) is 2. The molecule has 2 saturated heterocycles. The number of rotatable bonds is 4.